The van der Waals surface area contributed by atoms with Gasteiger partial charge in [0, 0.05) is 41.4 Å². The van der Waals surface area contributed by atoms with Crippen molar-refractivity contribution >= 4 is 34.9 Å². The number of anilines is 1. The van der Waals surface area contributed by atoms with Gasteiger partial charge in [-0.05, 0) is 50.3 Å². The number of likely N-dealkylation sites (N-methyl/N-ethyl adjacent to an activating group) is 1. The van der Waals surface area contributed by atoms with E-state index in [1.807, 2.05) is 31.1 Å². The molecule has 7 heteroatoms. The number of hydrogen-bond acceptors (Lipinski definition) is 4. The summed E-state index contributed by atoms with van der Waals surface area (Å²) in [5.41, 5.74) is 1.59. The number of carbonyl (C=O) groups is 1. The maximum atomic E-state index is 12.1. The minimum absolute atomic E-state index is 0.104. The van der Waals surface area contributed by atoms with Crippen LogP contribution in [0.2, 0.25) is 10.0 Å². The van der Waals surface area contributed by atoms with Crippen LogP contribution in [-0.4, -0.2) is 49.5 Å². The number of amides is 1. The van der Waals surface area contributed by atoms with Crippen molar-refractivity contribution in [2.75, 3.05) is 39.0 Å². The molecule has 0 bridgehead atoms. The molecule has 0 fully saturated rings. The normalized spacial score (nSPS) is 10.8. The number of halogens is 2. The van der Waals surface area contributed by atoms with Crippen molar-refractivity contribution in [1.29, 1.82) is 0 Å². The van der Waals surface area contributed by atoms with Crippen LogP contribution in [0, 0.1) is 0 Å². The number of nitrogens with zero attached hydrogens (tertiary/aromatic N) is 2. The van der Waals surface area contributed by atoms with Crippen LogP contribution in [0.4, 0.5) is 5.82 Å². The summed E-state index contributed by atoms with van der Waals surface area (Å²) in [6.07, 6.45) is 2.36. The molecule has 5 nitrogen and oxygen atoms in total. The van der Waals surface area contributed by atoms with Crippen molar-refractivity contribution in [2.24, 2.45) is 0 Å². The van der Waals surface area contributed by atoms with Gasteiger partial charge in [0.15, 0.2) is 0 Å². The van der Waals surface area contributed by atoms with E-state index in [-0.39, 0.29) is 5.91 Å². The quantitative estimate of drug-likeness (QED) is 0.737. The molecular weight excluding hydrogens is 359 g/mol. The molecule has 2 rings (SSSR count). The van der Waals surface area contributed by atoms with Gasteiger partial charge in [0.1, 0.15) is 5.82 Å². The van der Waals surface area contributed by atoms with Gasteiger partial charge in [-0.3, -0.25) is 4.79 Å². The molecule has 2 N–H and O–H groups in total. The van der Waals surface area contributed by atoms with Crippen molar-refractivity contribution in [2.45, 2.75) is 6.42 Å². The first-order valence-electron chi connectivity index (χ1n) is 8.02. The Labute approximate surface area is 158 Å². The number of carbonyl (C=O) groups excluding carboxylic acids is 1. The minimum Gasteiger partial charge on any atom is -0.370 e. The van der Waals surface area contributed by atoms with Gasteiger partial charge in [0.2, 0.25) is 0 Å². The highest BCUT2D eigenvalue weighted by Gasteiger charge is 2.07. The summed E-state index contributed by atoms with van der Waals surface area (Å²) in [4.78, 5) is 18.4. The van der Waals surface area contributed by atoms with E-state index in [4.69, 9.17) is 23.2 Å². The first-order chi connectivity index (χ1) is 12.0. The van der Waals surface area contributed by atoms with Crippen molar-refractivity contribution in [3.8, 4) is 0 Å². The second-order valence-electron chi connectivity index (χ2n) is 5.90. The lowest BCUT2D eigenvalue weighted by molar-refractivity contribution is 0.0951. The Bertz CT molecular complexity index is 722. The van der Waals surface area contributed by atoms with Gasteiger partial charge in [-0.25, -0.2) is 4.98 Å². The van der Waals surface area contributed by atoms with Crippen LogP contribution in [-0.2, 0) is 6.42 Å². The van der Waals surface area contributed by atoms with Gasteiger partial charge >= 0.3 is 0 Å². The second-order valence-corrected chi connectivity index (χ2v) is 6.75. The zero-order chi connectivity index (χ0) is 18.2. The van der Waals surface area contributed by atoms with Crippen molar-refractivity contribution in [3.05, 3.63) is 57.7 Å². The van der Waals surface area contributed by atoms with Crippen molar-refractivity contribution < 1.29 is 4.79 Å². The molecule has 134 valence electrons. The largest absolute Gasteiger partial charge is 0.370 e. The first-order valence-corrected chi connectivity index (χ1v) is 8.78. The van der Waals surface area contributed by atoms with Crippen LogP contribution in [0.5, 0.6) is 0 Å². The van der Waals surface area contributed by atoms with Gasteiger partial charge in [-0.2, -0.15) is 0 Å². The predicted molar refractivity (Wildman–Crippen MR) is 104 cm³/mol. The molecule has 0 saturated heterocycles. The summed E-state index contributed by atoms with van der Waals surface area (Å²) in [5.74, 6) is 0.554. The molecule has 0 unspecified atom stereocenters. The molecule has 0 saturated carbocycles. The average molecular weight is 381 g/mol. The van der Waals surface area contributed by atoms with Crippen LogP contribution >= 0.6 is 23.2 Å². The van der Waals surface area contributed by atoms with Crippen LogP contribution in [0.25, 0.3) is 0 Å². The van der Waals surface area contributed by atoms with Crippen LogP contribution < -0.4 is 10.6 Å². The molecule has 0 aliphatic carbocycles. The standard InChI is InChI=1S/C18H22Cl2N4O/c1-24(2)10-9-23-18(25)14-6-8-22-17(11-14)21-7-5-13-3-4-15(19)12-16(13)20/h3-4,6,8,11-12H,5,7,9-10H2,1-2H3,(H,21,22)(H,23,25). The first kappa shape index (κ1) is 19.5. The number of hydrogen-bond donors (Lipinski definition) is 2. The van der Waals surface area contributed by atoms with Crippen LogP contribution in [0.15, 0.2) is 36.5 Å². The smallest absolute Gasteiger partial charge is 0.251 e. The number of aromatic nitrogens is 1. The summed E-state index contributed by atoms with van der Waals surface area (Å²) in [6, 6.07) is 8.91. The fourth-order valence-electron chi connectivity index (χ4n) is 2.21. The Morgan fingerprint density at radius 3 is 2.68 bits per heavy atom. The Kier molecular flexibility index (Phi) is 7.50. The van der Waals surface area contributed by atoms with Gasteiger partial charge < -0.3 is 15.5 Å². The Balaban J connectivity index is 1.87. The molecule has 1 amide bonds. The number of rotatable bonds is 8. The summed E-state index contributed by atoms with van der Waals surface area (Å²) < 4.78 is 0. The Morgan fingerprint density at radius 1 is 1.16 bits per heavy atom. The monoisotopic (exact) mass is 380 g/mol. The third-order valence-corrected chi connectivity index (χ3v) is 4.17. The highest BCUT2D eigenvalue weighted by molar-refractivity contribution is 6.35. The van der Waals surface area contributed by atoms with E-state index in [1.165, 1.54) is 0 Å². The number of pyridine rings is 1. The molecule has 0 aliphatic rings. The molecule has 0 spiro atoms. The minimum atomic E-state index is -0.104. The van der Waals surface area contributed by atoms with E-state index in [1.54, 1.807) is 24.4 Å². The molecule has 0 atom stereocenters. The molecule has 1 aromatic carbocycles. The number of nitrogens with one attached hydrogen (secondary N) is 2. The molecular formula is C18H22Cl2N4O. The third-order valence-electron chi connectivity index (χ3n) is 3.58. The lowest BCUT2D eigenvalue weighted by Gasteiger charge is -2.11. The summed E-state index contributed by atoms with van der Waals surface area (Å²) in [5, 5.41) is 7.37. The zero-order valence-corrected chi connectivity index (χ0v) is 15.9. The topological polar surface area (TPSA) is 57.3 Å². The summed E-state index contributed by atoms with van der Waals surface area (Å²) >= 11 is 12.1. The second kappa shape index (κ2) is 9.61. The van der Waals surface area contributed by atoms with E-state index in [2.05, 4.69) is 15.6 Å². The third kappa shape index (κ3) is 6.53. The lowest BCUT2D eigenvalue weighted by Crippen LogP contribution is -2.31. The molecule has 1 heterocycles. The van der Waals surface area contributed by atoms with Crippen LogP contribution in [0.1, 0.15) is 15.9 Å². The van der Waals surface area contributed by atoms with Crippen LogP contribution in [0.3, 0.4) is 0 Å². The number of benzene rings is 1. The van der Waals surface area contributed by atoms with E-state index in [0.29, 0.717) is 34.5 Å². The summed E-state index contributed by atoms with van der Waals surface area (Å²) in [6.45, 7) is 2.05. The van der Waals surface area contributed by atoms with Gasteiger partial charge in [-0.1, -0.05) is 29.3 Å². The zero-order valence-electron chi connectivity index (χ0n) is 14.4. The Morgan fingerprint density at radius 2 is 1.96 bits per heavy atom. The maximum absolute atomic E-state index is 12.1. The fourth-order valence-corrected chi connectivity index (χ4v) is 2.72. The SMILES string of the molecule is CN(C)CCNC(=O)c1ccnc(NCCc2ccc(Cl)cc2Cl)c1. The Hall–Kier alpha value is -1.82. The molecule has 0 aliphatic heterocycles. The van der Waals surface area contributed by atoms with Crippen molar-refractivity contribution in [3.63, 3.8) is 0 Å². The van der Waals surface area contributed by atoms with E-state index < -0.39 is 0 Å². The van der Waals surface area contributed by atoms with Crippen molar-refractivity contribution in [1.82, 2.24) is 15.2 Å². The highest BCUT2D eigenvalue weighted by atomic mass is 35.5. The van der Waals surface area contributed by atoms with Gasteiger partial charge in [0.05, 0.1) is 0 Å². The molecule has 25 heavy (non-hydrogen) atoms. The van der Waals surface area contributed by atoms with E-state index in [9.17, 15) is 4.79 Å². The molecule has 0 radical (unpaired) electrons. The summed E-state index contributed by atoms with van der Waals surface area (Å²) in [7, 11) is 3.93. The van der Waals surface area contributed by atoms with E-state index >= 15 is 0 Å². The highest BCUT2D eigenvalue weighted by Crippen LogP contribution is 2.21. The predicted octanol–water partition coefficient (Wildman–Crippen LogP) is 3.33. The molecule has 2 aromatic rings. The molecule has 1 aromatic heterocycles. The van der Waals surface area contributed by atoms with E-state index in [0.717, 1.165) is 18.5 Å². The van der Waals surface area contributed by atoms with Gasteiger partial charge in [-0.15, -0.1) is 0 Å². The lowest BCUT2D eigenvalue weighted by atomic mass is 10.1. The maximum Gasteiger partial charge on any atom is 0.251 e. The fraction of sp³-hybridized carbons (Fsp3) is 0.333. The average Bonchev–Trinajstić information content (AvgIpc) is 2.57. The van der Waals surface area contributed by atoms with Gasteiger partial charge in [0.25, 0.3) is 5.91 Å².